The number of piperazine rings is 1. The normalized spacial score (nSPS) is 17.9. The maximum atomic E-state index is 14.1. The molecule has 1 aliphatic rings. The van der Waals surface area contributed by atoms with Crippen molar-refractivity contribution in [2.24, 2.45) is 0 Å². The summed E-state index contributed by atoms with van der Waals surface area (Å²) in [6.45, 7) is 1.81. The maximum absolute atomic E-state index is 14.1. The molecular weight excluding hydrogens is 347 g/mol. The quantitative estimate of drug-likeness (QED) is 0.811. The zero-order valence-corrected chi connectivity index (χ0v) is 13.0. The molecule has 0 aromatic heterocycles. The molecule has 1 heterocycles. The van der Waals surface area contributed by atoms with Crippen LogP contribution in [-0.2, 0) is 6.18 Å². The fraction of sp³-hybridized carbons (Fsp3) is 0.538. The van der Waals surface area contributed by atoms with E-state index in [0.29, 0.717) is 32.2 Å². The molecule has 126 valence electrons. The van der Waals surface area contributed by atoms with Crippen LogP contribution in [-0.4, -0.2) is 42.8 Å². The SMILES string of the molecule is Cl.OC[C@@H](c1cc(C(F)(F)F)cc(Cl)c1F)N1CCNCC1. The number of aliphatic hydroxyl groups excluding tert-OH is 1. The van der Waals surface area contributed by atoms with E-state index in [9.17, 15) is 22.7 Å². The molecule has 0 saturated carbocycles. The molecule has 9 heteroatoms. The Kier molecular flexibility index (Phi) is 6.88. The largest absolute Gasteiger partial charge is 0.416 e. The van der Waals surface area contributed by atoms with Gasteiger partial charge in [0.2, 0.25) is 0 Å². The minimum atomic E-state index is -4.62. The Balaban J connectivity index is 0.00000242. The van der Waals surface area contributed by atoms with Crippen LogP contribution in [0.1, 0.15) is 17.2 Å². The third-order valence-corrected chi connectivity index (χ3v) is 3.78. The van der Waals surface area contributed by atoms with Gasteiger partial charge in [-0.1, -0.05) is 11.6 Å². The number of hydrogen-bond acceptors (Lipinski definition) is 3. The minimum Gasteiger partial charge on any atom is -0.394 e. The molecule has 2 N–H and O–H groups in total. The summed E-state index contributed by atoms with van der Waals surface area (Å²) in [6.07, 6.45) is -4.62. The van der Waals surface area contributed by atoms with Crippen LogP contribution in [0, 0.1) is 5.82 Å². The second kappa shape index (κ2) is 7.79. The highest BCUT2D eigenvalue weighted by atomic mass is 35.5. The first kappa shape index (κ1) is 19.4. The van der Waals surface area contributed by atoms with E-state index in [1.807, 2.05) is 0 Å². The van der Waals surface area contributed by atoms with E-state index in [-0.39, 0.29) is 18.0 Å². The number of hydrogen-bond donors (Lipinski definition) is 2. The first-order valence-corrected chi connectivity index (χ1v) is 6.84. The van der Waals surface area contributed by atoms with Gasteiger partial charge in [0.1, 0.15) is 5.82 Å². The lowest BCUT2D eigenvalue weighted by molar-refractivity contribution is -0.137. The monoisotopic (exact) mass is 362 g/mol. The molecule has 1 aliphatic heterocycles. The minimum absolute atomic E-state index is 0. The van der Waals surface area contributed by atoms with Crippen LogP contribution < -0.4 is 5.32 Å². The van der Waals surface area contributed by atoms with Gasteiger partial charge in [-0.2, -0.15) is 13.2 Å². The van der Waals surface area contributed by atoms with E-state index in [2.05, 4.69) is 5.32 Å². The van der Waals surface area contributed by atoms with Crippen LogP contribution in [0.25, 0.3) is 0 Å². The van der Waals surface area contributed by atoms with Crippen molar-refractivity contribution in [3.8, 4) is 0 Å². The summed E-state index contributed by atoms with van der Waals surface area (Å²) in [5.41, 5.74) is -1.24. The van der Waals surface area contributed by atoms with Crippen molar-refractivity contribution in [1.29, 1.82) is 0 Å². The summed E-state index contributed by atoms with van der Waals surface area (Å²) in [5.74, 6) is -0.915. The molecule has 2 rings (SSSR count). The molecule has 0 unspecified atom stereocenters. The Morgan fingerprint density at radius 1 is 1.27 bits per heavy atom. The van der Waals surface area contributed by atoms with Crippen molar-refractivity contribution in [3.05, 3.63) is 34.1 Å². The highest BCUT2D eigenvalue weighted by molar-refractivity contribution is 6.30. The molecule has 1 fully saturated rings. The van der Waals surface area contributed by atoms with Crippen molar-refractivity contribution in [1.82, 2.24) is 10.2 Å². The Bertz CT molecular complexity index is 508. The maximum Gasteiger partial charge on any atom is 0.416 e. The molecule has 0 bridgehead atoms. The van der Waals surface area contributed by atoms with Crippen molar-refractivity contribution in [2.75, 3.05) is 32.8 Å². The number of nitrogens with one attached hydrogen (secondary N) is 1. The zero-order chi connectivity index (χ0) is 15.6. The predicted octanol–water partition coefficient (Wildman–Crippen LogP) is 2.86. The van der Waals surface area contributed by atoms with Crippen LogP contribution in [0.4, 0.5) is 17.6 Å². The molecule has 0 radical (unpaired) electrons. The van der Waals surface area contributed by atoms with Gasteiger partial charge in [-0.05, 0) is 12.1 Å². The highest BCUT2D eigenvalue weighted by Gasteiger charge is 2.34. The molecule has 3 nitrogen and oxygen atoms in total. The molecule has 1 saturated heterocycles. The summed E-state index contributed by atoms with van der Waals surface area (Å²) in [7, 11) is 0. The summed E-state index contributed by atoms with van der Waals surface area (Å²) < 4.78 is 52.6. The van der Waals surface area contributed by atoms with E-state index < -0.39 is 35.2 Å². The van der Waals surface area contributed by atoms with E-state index in [4.69, 9.17) is 11.6 Å². The highest BCUT2D eigenvalue weighted by Crippen LogP contribution is 2.36. The van der Waals surface area contributed by atoms with Crippen LogP contribution in [0.5, 0.6) is 0 Å². The van der Waals surface area contributed by atoms with Crippen molar-refractivity contribution in [3.63, 3.8) is 0 Å². The van der Waals surface area contributed by atoms with Gasteiger partial charge in [0.25, 0.3) is 0 Å². The number of nitrogens with zero attached hydrogens (tertiary/aromatic N) is 1. The average Bonchev–Trinajstić information content (AvgIpc) is 2.44. The fourth-order valence-electron chi connectivity index (χ4n) is 2.42. The Morgan fingerprint density at radius 3 is 2.36 bits per heavy atom. The van der Waals surface area contributed by atoms with Gasteiger partial charge in [-0.15, -0.1) is 12.4 Å². The van der Waals surface area contributed by atoms with Gasteiger partial charge >= 0.3 is 6.18 Å². The Morgan fingerprint density at radius 2 is 1.86 bits per heavy atom. The van der Waals surface area contributed by atoms with E-state index in [1.165, 1.54) is 0 Å². The topological polar surface area (TPSA) is 35.5 Å². The Labute approximate surface area is 136 Å². The zero-order valence-electron chi connectivity index (χ0n) is 11.5. The fourth-order valence-corrected chi connectivity index (χ4v) is 2.65. The van der Waals surface area contributed by atoms with Crippen LogP contribution in [0.3, 0.4) is 0 Å². The third-order valence-electron chi connectivity index (χ3n) is 3.51. The van der Waals surface area contributed by atoms with Crippen molar-refractivity contribution in [2.45, 2.75) is 12.2 Å². The molecule has 0 spiro atoms. The van der Waals surface area contributed by atoms with Gasteiger partial charge in [-0.25, -0.2) is 4.39 Å². The van der Waals surface area contributed by atoms with Gasteiger partial charge in [0.05, 0.1) is 23.2 Å². The van der Waals surface area contributed by atoms with Gasteiger partial charge in [-0.3, -0.25) is 4.90 Å². The van der Waals surface area contributed by atoms with Crippen LogP contribution in [0.2, 0.25) is 5.02 Å². The standard InChI is InChI=1S/C13H15ClF4N2O.ClH/c14-10-6-8(13(16,17)18)5-9(12(10)15)11(7-21)20-3-1-19-2-4-20;/h5-6,11,19,21H,1-4,7H2;1H/t11-;/m0./s1. The molecule has 1 aromatic rings. The second-order valence-corrected chi connectivity index (χ2v) is 5.25. The second-order valence-electron chi connectivity index (χ2n) is 4.84. The van der Waals surface area contributed by atoms with Crippen molar-refractivity contribution < 1.29 is 22.7 Å². The molecule has 1 atom stereocenters. The van der Waals surface area contributed by atoms with Crippen LogP contribution in [0.15, 0.2) is 12.1 Å². The van der Waals surface area contributed by atoms with E-state index >= 15 is 0 Å². The van der Waals surface area contributed by atoms with Gasteiger partial charge < -0.3 is 10.4 Å². The number of benzene rings is 1. The van der Waals surface area contributed by atoms with E-state index in [0.717, 1.165) is 6.07 Å². The van der Waals surface area contributed by atoms with Gasteiger partial charge in [0.15, 0.2) is 0 Å². The summed E-state index contributed by atoms with van der Waals surface area (Å²) in [5, 5.41) is 12.0. The molecular formula is C13H16Cl2F4N2O. The van der Waals surface area contributed by atoms with Gasteiger partial charge in [0, 0.05) is 31.7 Å². The molecule has 22 heavy (non-hydrogen) atoms. The summed E-state index contributed by atoms with van der Waals surface area (Å²) in [6, 6.07) is 0.448. The van der Waals surface area contributed by atoms with E-state index in [1.54, 1.807) is 4.90 Å². The van der Waals surface area contributed by atoms with Crippen molar-refractivity contribution >= 4 is 24.0 Å². The lowest BCUT2D eigenvalue weighted by Crippen LogP contribution is -2.46. The third kappa shape index (κ3) is 4.23. The summed E-state index contributed by atoms with van der Waals surface area (Å²) >= 11 is 5.58. The lowest BCUT2D eigenvalue weighted by atomic mass is 10.0. The number of aliphatic hydroxyl groups is 1. The number of rotatable bonds is 3. The number of halogens is 6. The first-order valence-electron chi connectivity index (χ1n) is 6.46. The molecule has 0 amide bonds. The first-order chi connectivity index (χ1) is 9.84. The molecule has 0 aliphatic carbocycles. The lowest BCUT2D eigenvalue weighted by Gasteiger charge is -2.34. The average molecular weight is 363 g/mol. The number of alkyl halides is 3. The predicted molar refractivity (Wildman–Crippen MR) is 77.9 cm³/mol. The smallest absolute Gasteiger partial charge is 0.394 e. The molecule has 1 aromatic carbocycles. The Hall–Kier alpha value is -0.600. The summed E-state index contributed by atoms with van der Waals surface area (Å²) in [4.78, 5) is 1.74. The van der Waals surface area contributed by atoms with Crippen LogP contribution >= 0.6 is 24.0 Å².